The zero-order chi connectivity index (χ0) is 10.8. The average molecular weight is 212 g/mol. The topological polar surface area (TPSA) is 38.5 Å². The molecule has 3 heteroatoms. The van der Waals surface area contributed by atoms with E-state index in [-0.39, 0.29) is 0 Å². The van der Waals surface area contributed by atoms with Gasteiger partial charge in [-0.3, -0.25) is 4.90 Å². The molecule has 1 aliphatic carbocycles. The Morgan fingerprint density at radius 1 is 1.33 bits per heavy atom. The number of nitrogens with zero attached hydrogens (tertiary/aromatic N) is 1. The molecular formula is C12H24N2O. The van der Waals surface area contributed by atoms with E-state index in [0.717, 1.165) is 19.1 Å². The van der Waals surface area contributed by atoms with Crippen molar-refractivity contribution in [1.82, 2.24) is 4.90 Å². The van der Waals surface area contributed by atoms with Gasteiger partial charge in [-0.15, -0.1) is 0 Å². The van der Waals surface area contributed by atoms with Crippen LogP contribution in [0.2, 0.25) is 0 Å². The van der Waals surface area contributed by atoms with Crippen molar-refractivity contribution in [1.29, 1.82) is 0 Å². The van der Waals surface area contributed by atoms with E-state index in [9.17, 15) is 0 Å². The molecule has 0 aromatic rings. The molecule has 0 aromatic heterocycles. The summed E-state index contributed by atoms with van der Waals surface area (Å²) >= 11 is 0. The monoisotopic (exact) mass is 212 g/mol. The van der Waals surface area contributed by atoms with Gasteiger partial charge in [0.2, 0.25) is 0 Å². The molecule has 1 heterocycles. The number of morpholine rings is 1. The molecule has 1 saturated heterocycles. The predicted molar refractivity (Wildman–Crippen MR) is 61.8 cm³/mol. The number of hydrogen-bond acceptors (Lipinski definition) is 3. The van der Waals surface area contributed by atoms with E-state index in [2.05, 4.69) is 18.7 Å². The summed E-state index contributed by atoms with van der Waals surface area (Å²) in [7, 11) is 0. The Bertz CT molecular complexity index is 210. The molecule has 1 saturated carbocycles. The van der Waals surface area contributed by atoms with Crippen LogP contribution in [-0.4, -0.2) is 42.8 Å². The highest BCUT2D eigenvalue weighted by Crippen LogP contribution is 2.26. The van der Waals surface area contributed by atoms with Crippen molar-refractivity contribution < 1.29 is 4.74 Å². The predicted octanol–water partition coefficient (Wildman–Crippen LogP) is 1.22. The molecule has 0 radical (unpaired) electrons. The zero-order valence-electron chi connectivity index (χ0n) is 9.98. The fourth-order valence-corrected chi connectivity index (χ4v) is 2.84. The molecule has 2 fully saturated rings. The lowest BCUT2D eigenvalue weighted by atomic mass is 10.1. The molecule has 1 aliphatic heterocycles. The van der Waals surface area contributed by atoms with Gasteiger partial charge in [-0.1, -0.05) is 0 Å². The van der Waals surface area contributed by atoms with Crippen molar-refractivity contribution in [2.45, 2.75) is 51.3 Å². The molecule has 0 amide bonds. The summed E-state index contributed by atoms with van der Waals surface area (Å²) in [6, 6.07) is 1.04. The normalized spacial score (nSPS) is 43.4. The summed E-state index contributed by atoms with van der Waals surface area (Å²) in [4.78, 5) is 2.58. The smallest absolute Gasteiger partial charge is 0.0674 e. The van der Waals surface area contributed by atoms with E-state index in [1.165, 1.54) is 25.8 Å². The van der Waals surface area contributed by atoms with Crippen molar-refractivity contribution in [2.75, 3.05) is 19.7 Å². The SMILES string of the molecule is CC1CN(CC2CCC(N)C2)C(C)CO1. The van der Waals surface area contributed by atoms with Crippen molar-refractivity contribution in [2.24, 2.45) is 11.7 Å². The lowest BCUT2D eigenvalue weighted by Crippen LogP contribution is -2.48. The van der Waals surface area contributed by atoms with Crippen LogP contribution in [0.5, 0.6) is 0 Å². The second-order valence-electron chi connectivity index (χ2n) is 5.39. The molecule has 15 heavy (non-hydrogen) atoms. The summed E-state index contributed by atoms with van der Waals surface area (Å²) in [5, 5.41) is 0. The quantitative estimate of drug-likeness (QED) is 0.748. The van der Waals surface area contributed by atoms with E-state index in [1.54, 1.807) is 0 Å². The van der Waals surface area contributed by atoms with E-state index in [0.29, 0.717) is 18.2 Å². The molecule has 3 nitrogen and oxygen atoms in total. The first-order chi connectivity index (χ1) is 7.15. The minimum Gasteiger partial charge on any atom is -0.376 e. The van der Waals surface area contributed by atoms with Gasteiger partial charge in [0.15, 0.2) is 0 Å². The summed E-state index contributed by atoms with van der Waals surface area (Å²) in [5.41, 5.74) is 5.95. The van der Waals surface area contributed by atoms with Gasteiger partial charge in [0.05, 0.1) is 12.7 Å². The highest BCUT2D eigenvalue weighted by atomic mass is 16.5. The number of hydrogen-bond donors (Lipinski definition) is 1. The Kier molecular flexibility index (Phi) is 3.65. The fourth-order valence-electron chi connectivity index (χ4n) is 2.84. The Morgan fingerprint density at radius 3 is 2.80 bits per heavy atom. The minimum absolute atomic E-state index is 0.399. The van der Waals surface area contributed by atoms with Crippen LogP contribution >= 0.6 is 0 Å². The Labute approximate surface area is 93.0 Å². The van der Waals surface area contributed by atoms with Crippen molar-refractivity contribution >= 4 is 0 Å². The lowest BCUT2D eigenvalue weighted by molar-refractivity contribution is -0.0539. The average Bonchev–Trinajstić information content (AvgIpc) is 2.58. The second-order valence-corrected chi connectivity index (χ2v) is 5.39. The molecule has 2 N–H and O–H groups in total. The summed E-state index contributed by atoms with van der Waals surface area (Å²) in [6.07, 6.45) is 4.16. The minimum atomic E-state index is 0.399. The van der Waals surface area contributed by atoms with Gasteiger partial charge in [0, 0.05) is 25.2 Å². The van der Waals surface area contributed by atoms with Gasteiger partial charge in [0.1, 0.15) is 0 Å². The van der Waals surface area contributed by atoms with Gasteiger partial charge < -0.3 is 10.5 Å². The summed E-state index contributed by atoms with van der Waals surface area (Å²) in [6.45, 7) is 7.63. The van der Waals surface area contributed by atoms with Crippen LogP contribution in [0.1, 0.15) is 33.1 Å². The van der Waals surface area contributed by atoms with Crippen molar-refractivity contribution in [3.8, 4) is 0 Å². The van der Waals surface area contributed by atoms with Crippen LogP contribution in [0, 0.1) is 5.92 Å². The summed E-state index contributed by atoms with van der Waals surface area (Å²) in [5.74, 6) is 0.827. The van der Waals surface area contributed by atoms with Crippen LogP contribution in [0.25, 0.3) is 0 Å². The summed E-state index contributed by atoms with van der Waals surface area (Å²) < 4.78 is 5.64. The maximum Gasteiger partial charge on any atom is 0.0674 e. The maximum absolute atomic E-state index is 5.95. The molecule has 2 rings (SSSR count). The Hall–Kier alpha value is -0.120. The van der Waals surface area contributed by atoms with Crippen molar-refractivity contribution in [3.63, 3.8) is 0 Å². The van der Waals surface area contributed by atoms with E-state index >= 15 is 0 Å². The third kappa shape index (κ3) is 2.92. The van der Waals surface area contributed by atoms with E-state index < -0.39 is 0 Å². The van der Waals surface area contributed by atoms with Crippen LogP contribution < -0.4 is 5.73 Å². The van der Waals surface area contributed by atoms with Crippen molar-refractivity contribution in [3.05, 3.63) is 0 Å². The first-order valence-corrected chi connectivity index (χ1v) is 6.26. The first kappa shape index (κ1) is 11.4. The maximum atomic E-state index is 5.95. The van der Waals surface area contributed by atoms with Gasteiger partial charge >= 0.3 is 0 Å². The molecular weight excluding hydrogens is 188 g/mol. The molecule has 4 unspecified atom stereocenters. The molecule has 0 bridgehead atoms. The Morgan fingerprint density at radius 2 is 2.13 bits per heavy atom. The number of rotatable bonds is 2. The third-order valence-electron chi connectivity index (χ3n) is 3.81. The standard InChI is InChI=1S/C12H24N2O/c1-9-8-15-10(2)6-14(9)7-11-3-4-12(13)5-11/h9-12H,3-8,13H2,1-2H3. The van der Waals surface area contributed by atoms with Gasteiger partial charge in [-0.05, 0) is 39.0 Å². The molecule has 2 aliphatic rings. The molecule has 0 spiro atoms. The van der Waals surface area contributed by atoms with Crippen LogP contribution in [0.3, 0.4) is 0 Å². The van der Waals surface area contributed by atoms with Crippen LogP contribution in [0.4, 0.5) is 0 Å². The van der Waals surface area contributed by atoms with Crippen LogP contribution in [-0.2, 0) is 4.74 Å². The molecule has 0 aromatic carbocycles. The largest absolute Gasteiger partial charge is 0.376 e. The number of nitrogens with two attached hydrogens (primary N) is 1. The number of ether oxygens (including phenoxy) is 1. The second kappa shape index (κ2) is 4.81. The highest BCUT2D eigenvalue weighted by Gasteiger charge is 2.28. The van der Waals surface area contributed by atoms with Gasteiger partial charge in [-0.2, -0.15) is 0 Å². The highest BCUT2D eigenvalue weighted by molar-refractivity contribution is 4.83. The molecule has 4 atom stereocenters. The van der Waals surface area contributed by atoms with E-state index in [4.69, 9.17) is 10.5 Å². The molecule has 88 valence electrons. The van der Waals surface area contributed by atoms with Gasteiger partial charge in [-0.25, -0.2) is 0 Å². The first-order valence-electron chi connectivity index (χ1n) is 6.26. The van der Waals surface area contributed by atoms with Gasteiger partial charge in [0.25, 0.3) is 0 Å². The lowest BCUT2D eigenvalue weighted by Gasteiger charge is -2.38. The zero-order valence-corrected chi connectivity index (χ0v) is 9.98. The fraction of sp³-hybridized carbons (Fsp3) is 1.00. The Balaban J connectivity index is 1.82. The van der Waals surface area contributed by atoms with E-state index in [1.807, 2.05) is 0 Å². The van der Waals surface area contributed by atoms with Crippen LogP contribution in [0.15, 0.2) is 0 Å². The third-order valence-corrected chi connectivity index (χ3v) is 3.81.